The Labute approximate surface area is 228 Å². The van der Waals surface area contributed by atoms with E-state index in [0.29, 0.717) is 45.7 Å². The van der Waals surface area contributed by atoms with Crippen molar-refractivity contribution in [3.05, 3.63) is 103 Å². The van der Waals surface area contributed by atoms with Crippen molar-refractivity contribution in [2.24, 2.45) is 0 Å². The number of anilines is 3. The summed E-state index contributed by atoms with van der Waals surface area (Å²) in [4.78, 5) is 12.6. The van der Waals surface area contributed by atoms with E-state index < -0.39 is 0 Å². The number of hydrogen-bond acceptors (Lipinski definition) is 9. The highest BCUT2D eigenvalue weighted by molar-refractivity contribution is 6.01. The van der Waals surface area contributed by atoms with Crippen LogP contribution in [0.1, 0.15) is 0 Å². The molecule has 0 saturated carbocycles. The minimum atomic E-state index is -0.384. The maximum atomic E-state index is 14.1. The average Bonchev–Trinajstić information content (AvgIpc) is 2.98. The summed E-state index contributed by atoms with van der Waals surface area (Å²) in [6, 6.07) is 24.7. The third-order valence-corrected chi connectivity index (χ3v) is 6.16. The zero-order valence-electron chi connectivity index (χ0n) is 21.2. The van der Waals surface area contributed by atoms with E-state index in [1.165, 1.54) is 19.2 Å². The lowest BCUT2D eigenvalue weighted by atomic mass is 10.0. The van der Waals surface area contributed by atoms with Gasteiger partial charge in [-0.05, 0) is 60.7 Å². The number of rotatable bonds is 7. The van der Waals surface area contributed by atoms with Gasteiger partial charge in [0.1, 0.15) is 23.0 Å². The molecule has 6 aromatic rings. The Kier molecular flexibility index (Phi) is 6.55. The number of nitrogens with two attached hydrogens (primary N) is 1. The fourth-order valence-electron chi connectivity index (χ4n) is 4.31. The minimum Gasteiger partial charge on any atom is -0.496 e. The molecule has 0 aliphatic rings. The number of benzene rings is 3. The number of methoxy groups -OCH3 is 1. The largest absolute Gasteiger partial charge is 0.496 e. The van der Waals surface area contributed by atoms with Gasteiger partial charge < -0.3 is 20.5 Å². The number of pyridine rings is 1. The number of nitrogens with one attached hydrogen (secondary N) is 1. The third kappa shape index (κ3) is 4.93. The van der Waals surface area contributed by atoms with Crippen LogP contribution in [0.4, 0.5) is 21.8 Å². The number of ether oxygens (including phenoxy) is 2. The van der Waals surface area contributed by atoms with Crippen molar-refractivity contribution in [3.8, 4) is 39.9 Å². The molecule has 3 heterocycles. The van der Waals surface area contributed by atoms with Gasteiger partial charge in [-0.3, -0.25) is 0 Å². The molecule has 0 bridgehead atoms. The molecule has 0 atom stereocenters. The highest BCUT2D eigenvalue weighted by atomic mass is 19.1. The molecule has 40 heavy (non-hydrogen) atoms. The molecule has 0 fully saturated rings. The number of halogens is 1. The lowest BCUT2D eigenvalue weighted by Crippen LogP contribution is -2.00. The van der Waals surface area contributed by atoms with Crippen molar-refractivity contribution in [2.75, 3.05) is 18.2 Å². The number of aromatic nitrogens is 5. The topological polar surface area (TPSA) is 121 Å². The Morgan fingerprint density at radius 3 is 2.42 bits per heavy atom. The number of hydrogen-bond donors (Lipinski definition) is 2. The van der Waals surface area contributed by atoms with Gasteiger partial charge in [0.2, 0.25) is 11.8 Å². The highest BCUT2D eigenvalue weighted by Crippen LogP contribution is 2.36. The highest BCUT2D eigenvalue weighted by Gasteiger charge is 2.16. The molecule has 0 amide bonds. The first-order chi connectivity index (χ1) is 19.6. The summed E-state index contributed by atoms with van der Waals surface area (Å²) in [6.07, 6.45) is 3.23. The Bertz CT molecular complexity index is 1830. The molecule has 0 saturated heterocycles. The maximum absolute atomic E-state index is 14.1. The Morgan fingerprint density at radius 2 is 1.62 bits per heavy atom. The molecule has 0 unspecified atom stereocenters. The lowest BCUT2D eigenvalue weighted by Gasteiger charge is -2.14. The Balaban J connectivity index is 1.27. The summed E-state index contributed by atoms with van der Waals surface area (Å²) in [6.45, 7) is 0. The van der Waals surface area contributed by atoms with Crippen molar-refractivity contribution in [1.82, 2.24) is 25.1 Å². The molecule has 3 aromatic heterocycles. The van der Waals surface area contributed by atoms with Crippen molar-refractivity contribution in [2.45, 2.75) is 0 Å². The molecular weight excluding hydrogens is 509 g/mol. The smallest absolute Gasteiger partial charge is 0.228 e. The quantitative estimate of drug-likeness (QED) is 0.240. The van der Waals surface area contributed by atoms with E-state index in [0.717, 1.165) is 16.5 Å². The monoisotopic (exact) mass is 531 g/mol. The average molecular weight is 532 g/mol. The normalized spacial score (nSPS) is 10.8. The second-order valence-corrected chi connectivity index (χ2v) is 8.70. The standard InChI is InChI=1S/C30H22FN7O2/c1-39-26-13-8-18(31)17-24(26)27-21-5-2-3-6-22(21)28(38-37-27)35-19-9-11-20(12-10-19)40-29-23(7-4-15-33-29)25-14-16-34-30(32)36-25/h2-17H,1H3,(H,35,38)(H2,32,34,36). The van der Waals surface area contributed by atoms with Gasteiger partial charge in [-0.2, -0.15) is 0 Å². The maximum Gasteiger partial charge on any atom is 0.228 e. The molecule has 0 aliphatic heterocycles. The van der Waals surface area contributed by atoms with Gasteiger partial charge in [-0.25, -0.2) is 19.3 Å². The Morgan fingerprint density at radius 1 is 0.800 bits per heavy atom. The van der Waals surface area contributed by atoms with Crippen molar-refractivity contribution in [1.29, 1.82) is 0 Å². The van der Waals surface area contributed by atoms with Crippen LogP contribution in [-0.2, 0) is 0 Å². The van der Waals surface area contributed by atoms with Crippen molar-refractivity contribution in [3.63, 3.8) is 0 Å². The van der Waals surface area contributed by atoms with Gasteiger partial charge in [0.05, 0.1) is 18.4 Å². The van der Waals surface area contributed by atoms with Crippen LogP contribution in [0.5, 0.6) is 17.4 Å². The van der Waals surface area contributed by atoms with Gasteiger partial charge in [-0.15, -0.1) is 10.2 Å². The summed E-state index contributed by atoms with van der Waals surface area (Å²) in [5, 5.41) is 13.8. The van der Waals surface area contributed by atoms with Crippen LogP contribution in [-0.4, -0.2) is 32.3 Å². The van der Waals surface area contributed by atoms with Gasteiger partial charge in [0.15, 0.2) is 5.82 Å². The summed E-state index contributed by atoms with van der Waals surface area (Å²) < 4.78 is 25.6. The van der Waals surface area contributed by atoms with Gasteiger partial charge in [0.25, 0.3) is 0 Å². The van der Waals surface area contributed by atoms with E-state index >= 15 is 0 Å². The van der Waals surface area contributed by atoms with Crippen LogP contribution < -0.4 is 20.5 Å². The van der Waals surface area contributed by atoms with Crippen LogP contribution in [0, 0.1) is 5.82 Å². The zero-order chi connectivity index (χ0) is 27.5. The molecule has 0 aliphatic carbocycles. The molecular formula is C30H22FN7O2. The minimum absolute atomic E-state index is 0.168. The van der Waals surface area contributed by atoms with Crippen LogP contribution in [0.3, 0.4) is 0 Å². The summed E-state index contributed by atoms with van der Waals surface area (Å²) in [5.74, 6) is 1.82. The van der Waals surface area contributed by atoms with E-state index in [2.05, 4.69) is 30.5 Å². The molecule has 0 spiro atoms. The van der Waals surface area contributed by atoms with E-state index in [1.807, 2.05) is 54.6 Å². The van der Waals surface area contributed by atoms with Gasteiger partial charge in [0, 0.05) is 34.4 Å². The van der Waals surface area contributed by atoms with Crippen LogP contribution in [0.15, 0.2) is 97.3 Å². The summed E-state index contributed by atoms with van der Waals surface area (Å²) in [5.41, 5.74) is 8.87. The van der Waals surface area contributed by atoms with Crippen LogP contribution >= 0.6 is 0 Å². The molecule has 6 rings (SSSR count). The van der Waals surface area contributed by atoms with Crippen molar-refractivity contribution < 1.29 is 13.9 Å². The number of nitrogen functional groups attached to an aromatic ring is 1. The van der Waals surface area contributed by atoms with Crippen molar-refractivity contribution >= 4 is 28.2 Å². The SMILES string of the molecule is COc1ccc(F)cc1-c1nnc(Nc2ccc(Oc3ncccc3-c3ccnc(N)n3)cc2)c2ccccc12. The second kappa shape index (κ2) is 10.6. The molecule has 3 N–H and O–H groups in total. The predicted molar refractivity (Wildman–Crippen MR) is 151 cm³/mol. The first kappa shape index (κ1) is 24.7. The van der Waals surface area contributed by atoms with E-state index in [-0.39, 0.29) is 11.8 Å². The number of fused-ring (bicyclic) bond motifs is 1. The van der Waals surface area contributed by atoms with Gasteiger partial charge >= 0.3 is 0 Å². The molecule has 10 heteroatoms. The predicted octanol–water partition coefficient (Wildman–Crippen LogP) is 6.41. The fourth-order valence-corrected chi connectivity index (χ4v) is 4.31. The van der Waals surface area contributed by atoms with Gasteiger partial charge in [-0.1, -0.05) is 24.3 Å². The zero-order valence-corrected chi connectivity index (χ0v) is 21.2. The third-order valence-electron chi connectivity index (χ3n) is 6.16. The molecule has 0 radical (unpaired) electrons. The number of nitrogens with zero attached hydrogens (tertiary/aromatic N) is 5. The summed E-state index contributed by atoms with van der Waals surface area (Å²) in [7, 11) is 1.54. The second-order valence-electron chi connectivity index (χ2n) is 8.70. The van der Waals surface area contributed by atoms with E-state index in [4.69, 9.17) is 15.2 Å². The van der Waals surface area contributed by atoms with Crippen LogP contribution in [0.2, 0.25) is 0 Å². The summed E-state index contributed by atoms with van der Waals surface area (Å²) >= 11 is 0. The lowest BCUT2D eigenvalue weighted by molar-refractivity contribution is 0.415. The molecule has 196 valence electrons. The van der Waals surface area contributed by atoms with E-state index in [9.17, 15) is 4.39 Å². The molecule has 3 aromatic carbocycles. The fraction of sp³-hybridized carbons (Fsp3) is 0.0333. The van der Waals surface area contributed by atoms with Crippen LogP contribution in [0.25, 0.3) is 33.3 Å². The Hall–Kier alpha value is -5.64. The first-order valence-corrected chi connectivity index (χ1v) is 12.3. The first-order valence-electron chi connectivity index (χ1n) is 12.3. The van der Waals surface area contributed by atoms with E-state index in [1.54, 1.807) is 30.6 Å². The molecule has 9 nitrogen and oxygen atoms in total.